The van der Waals surface area contributed by atoms with Crippen LogP contribution in [0.25, 0.3) is 11.1 Å². The molecule has 0 radical (unpaired) electrons. The fraction of sp³-hybridized carbons (Fsp3) is 0.391. The Bertz CT molecular complexity index is 888. The Labute approximate surface area is 161 Å². The van der Waals surface area contributed by atoms with Gasteiger partial charge in [-0.15, -0.1) is 0 Å². The number of nitrogens with one attached hydrogen (secondary N) is 1. The van der Waals surface area contributed by atoms with Crippen LogP contribution in [-0.2, 0) is 4.79 Å². The van der Waals surface area contributed by atoms with E-state index in [1.807, 2.05) is 90.1 Å². The summed E-state index contributed by atoms with van der Waals surface area (Å²) in [6, 6.07) is 14.7. The number of nitrogens with zero attached hydrogens (tertiary/aromatic N) is 1. The number of rotatable bonds is 1. The summed E-state index contributed by atoms with van der Waals surface area (Å²) in [6.07, 6.45) is 0. The van der Waals surface area contributed by atoms with Gasteiger partial charge in [-0.25, -0.2) is 0 Å². The summed E-state index contributed by atoms with van der Waals surface area (Å²) in [7, 11) is 0. The predicted octanol–water partition coefficient (Wildman–Crippen LogP) is 4.56. The lowest BCUT2D eigenvalue weighted by Gasteiger charge is -2.41. The summed E-state index contributed by atoms with van der Waals surface area (Å²) in [5.41, 5.74) is 2.37. The van der Waals surface area contributed by atoms with Crippen molar-refractivity contribution in [3.05, 3.63) is 59.7 Å². The molecule has 0 aliphatic carbocycles. The van der Waals surface area contributed by atoms with E-state index in [-0.39, 0.29) is 11.8 Å². The highest BCUT2D eigenvalue weighted by molar-refractivity contribution is 6.06. The average Bonchev–Trinajstić information content (AvgIpc) is 2.67. The zero-order valence-electron chi connectivity index (χ0n) is 17.0. The van der Waals surface area contributed by atoms with Crippen molar-refractivity contribution in [2.45, 2.75) is 58.7 Å². The molecule has 1 unspecified atom stereocenters. The van der Waals surface area contributed by atoms with Gasteiger partial charge in [0.15, 0.2) is 0 Å². The molecule has 1 aliphatic rings. The summed E-state index contributed by atoms with van der Waals surface area (Å²) in [5.74, 6) is -0.283. The summed E-state index contributed by atoms with van der Waals surface area (Å²) < 4.78 is 0. The van der Waals surface area contributed by atoms with Crippen molar-refractivity contribution in [1.82, 2.24) is 10.2 Å². The van der Waals surface area contributed by atoms with Gasteiger partial charge in [0.25, 0.3) is 5.91 Å². The zero-order chi connectivity index (χ0) is 20.0. The number of fused-ring (bicyclic) bond motifs is 3. The molecule has 2 aromatic carbocycles. The van der Waals surface area contributed by atoms with Gasteiger partial charge in [0.2, 0.25) is 5.91 Å². The van der Waals surface area contributed by atoms with Gasteiger partial charge in [-0.3, -0.25) is 9.59 Å². The quantitative estimate of drug-likeness (QED) is 0.806. The van der Waals surface area contributed by atoms with E-state index in [1.165, 1.54) is 0 Å². The molecule has 0 saturated heterocycles. The molecule has 142 valence electrons. The van der Waals surface area contributed by atoms with E-state index in [9.17, 15) is 9.59 Å². The molecule has 0 bridgehead atoms. The first kappa shape index (κ1) is 19.2. The molecule has 1 heterocycles. The van der Waals surface area contributed by atoms with Crippen LogP contribution in [0, 0.1) is 0 Å². The van der Waals surface area contributed by atoms with Crippen LogP contribution in [0.3, 0.4) is 0 Å². The van der Waals surface area contributed by atoms with Gasteiger partial charge in [-0.1, -0.05) is 42.5 Å². The number of hydrogen-bond donors (Lipinski definition) is 1. The van der Waals surface area contributed by atoms with Crippen molar-refractivity contribution in [3.63, 3.8) is 0 Å². The lowest BCUT2D eigenvalue weighted by atomic mass is 9.92. The van der Waals surface area contributed by atoms with E-state index in [0.717, 1.165) is 16.7 Å². The normalized spacial score (nSPS) is 17.0. The Balaban J connectivity index is 2.30. The summed E-state index contributed by atoms with van der Waals surface area (Å²) in [5, 5.41) is 3.07. The van der Waals surface area contributed by atoms with Crippen LogP contribution >= 0.6 is 0 Å². The molecule has 0 fully saturated rings. The molecule has 0 aromatic heterocycles. The van der Waals surface area contributed by atoms with E-state index >= 15 is 0 Å². The SMILES string of the molecule is CC(C)(C)NC(=O)C1c2ccccc2-c2ccccc2C(=O)N1C(C)(C)C. The lowest BCUT2D eigenvalue weighted by molar-refractivity contribution is -0.129. The van der Waals surface area contributed by atoms with Gasteiger partial charge in [0.1, 0.15) is 6.04 Å². The Morgan fingerprint density at radius 3 is 1.93 bits per heavy atom. The summed E-state index contributed by atoms with van der Waals surface area (Å²) >= 11 is 0. The molecule has 0 spiro atoms. The van der Waals surface area contributed by atoms with Gasteiger partial charge in [0, 0.05) is 16.6 Å². The Hall–Kier alpha value is -2.62. The zero-order valence-corrected chi connectivity index (χ0v) is 17.0. The minimum atomic E-state index is -0.694. The van der Waals surface area contributed by atoms with Gasteiger partial charge in [0.05, 0.1) is 0 Å². The molecule has 4 heteroatoms. The van der Waals surface area contributed by atoms with Gasteiger partial charge < -0.3 is 10.2 Å². The van der Waals surface area contributed by atoms with E-state index in [0.29, 0.717) is 5.56 Å². The second-order valence-corrected chi connectivity index (χ2v) is 9.12. The fourth-order valence-electron chi connectivity index (χ4n) is 3.66. The van der Waals surface area contributed by atoms with Crippen LogP contribution in [0.2, 0.25) is 0 Å². The van der Waals surface area contributed by atoms with Crippen LogP contribution < -0.4 is 5.32 Å². The molecule has 2 aromatic rings. The molecule has 1 aliphatic heterocycles. The van der Waals surface area contributed by atoms with Crippen molar-refractivity contribution < 1.29 is 9.59 Å². The minimum absolute atomic E-state index is 0.122. The van der Waals surface area contributed by atoms with Crippen molar-refractivity contribution >= 4 is 11.8 Å². The third kappa shape index (κ3) is 3.61. The molecular formula is C23H28N2O2. The monoisotopic (exact) mass is 364 g/mol. The number of amides is 2. The maximum atomic E-state index is 13.6. The first-order chi connectivity index (χ1) is 12.5. The lowest BCUT2D eigenvalue weighted by Crippen LogP contribution is -2.54. The third-order valence-corrected chi connectivity index (χ3v) is 4.65. The van der Waals surface area contributed by atoms with Crippen molar-refractivity contribution in [1.29, 1.82) is 0 Å². The molecule has 1 N–H and O–H groups in total. The standard InChI is InChI=1S/C23H28N2O2/c1-22(2,3)24-20(26)19-17-13-9-7-11-15(17)16-12-8-10-14-18(16)21(27)25(19)23(4,5)6/h7-14,19H,1-6H3,(H,24,26). The first-order valence-electron chi connectivity index (χ1n) is 9.35. The van der Waals surface area contributed by atoms with Gasteiger partial charge in [-0.05, 0) is 64.3 Å². The number of benzene rings is 2. The molecular weight excluding hydrogens is 336 g/mol. The van der Waals surface area contributed by atoms with Crippen molar-refractivity contribution in [2.75, 3.05) is 0 Å². The molecule has 4 nitrogen and oxygen atoms in total. The predicted molar refractivity (Wildman–Crippen MR) is 108 cm³/mol. The fourth-order valence-corrected chi connectivity index (χ4v) is 3.66. The highest BCUT2D eigenvalue weighted by atomic mass is 16.2. The Morgan fingerprint density at radius 1 is 0.852 bits per heavy atom. The van der Waals surface area contributed by atoms with Crippen LogP contribution in [-0.4, -0.2) is 27.8 Å². The van der Waals surface area contributed by atoms with Crippen molar-refractivity contribution in [2.24, 2.45) is 0 Å². The topological polar surface area (TPSA) is 49.4 Å². The van der Waals surface area contributed by atoms with Crippen molar-refractivity contribution in [3.8, 4) is 11.1 Å². The van der Waals surface area contributed by atoms with Crippen LogP contribution in [0.4, 0.5) is 0 Å². The Kier molecular flexibility index (Phi) is 4.62. The van der Waals surface area contributed by atoms with E-state index in [1.54, 1.807) is 4.90 Å². The van der Waals surface area contributed by atoms with Crippen LogP contribution in [0.15, 0.2) is 48.5 Å². The Morgan fingerprint density at radius 2 is 1.37 bits per heavy atom. The molecule has 2 amide bonds. The first-order valence-corrected chi connectivity index (χ1v) is 9.35. The minimum Gasteiger partial charge on any atom is -0.349 e. The smallest absolute Gasteiger partial charge is 0.255 e. The molecule has 3 rings (SSSR count). The second-order valence-electron chi connectivity index (χ2n) is 9.12. The molecule has 27 heavy (non-hydrogen) atoms. The molecule has 0 saturated carbocycles. The second kappa shape index (κ2) is 6.52. The summed E-state index contributed by atoms with van der Waals surface area (Å²) in [6.45, 7) is 11.8. The summed E-state index contributed by atoms with van der Waals surface area (Å²) in [4.78, 5) is 28.7. The van der Waals surface area contributed by atoms with E-state index < -0.39 is 17.1 Å². The van der Waals surface area contributed by atoms with Gasteiger partial charge in [-0.2, -0.15) is 0 Å². The number of hydrogen-bond acceptors (Lipinski definition) is 2. The maximum Gasteiger partial charge on any atom is 0.255 e. The highest BCUT2D eigenvalue weighted by Gasteiger charge is 2.43. The van der Waals surface area contributed by atoms with Crippen LogP contribution in [0.5, 0.6) is 0 Å². The number of carbonyl (C=O) groups excluding carboxylic acids is 2. The highest BCUT2D eigenvalue weighted by Crippen LogP contribution is 2.41. The average molecular weight is 364 g/mol. The van der Waals surface area contributed by atoms with Gasteiger partial charge >= 0.3 is 0 Å². The third-order valence-electron chi connectivity index (χ3n) is 4.65. The molecule has 1 atom stereocenters. The van der Waals surface area contributed by atoms with E-state index in [2.05, 4.69) is 5.32 Å². The maximum absolute atomic E-state index is 13.6. The largest absolute Gasteiger partial charge is 0.349 e. The van der Waals surface area contributed by atoms with E-state index in [4.69, 9.17) is 0 Å². The number of carbonyl (C=O) groups is 2. The van der Waals surface area contributed by atoms with Crippen LogP contribution in [0.1, 0.15) is 63.5 Å².